The lowest BCUT2D eigenvalue weighted by atomic mass is 10.00. The molecular weight excluding hydrogens is 276 g/mol. The number of carbonyl (C=O) groups is 1. The van der Waals surface area contributed by atoms with Crippen LogP contribution in [0, 0.1) is 6.92 Å². The normalized spacial score (nSPS) is 12.4. The Bertz CT molecular complexity index is 633. The molecule has 1 aromatic carbocycles. The molecule has 0 saturated heterocycles. The summed E-state index contributed by atoms with van der Waals surface area (Å²) in [5.41, 5.74) is 2.17. The average Bonchev–Trinajstić information content (AvgIpc) is 2.86. The lowest BCUT2D eigenvalue weighted by molar-refractivity contribution is -0.125. The maximum atomic E-state index is 12.6. The topological polar surface area (TPSA) is 50.2 Å². The van der Waals surface area contributed by atoms with Gasteiger partial charge in [0.1, 0.15) is 11.9 Å². The Morgan fingerprint density at radius 2 is 2.09 bits per heavy atom. The van der Waals surface area contributed by atoms with Crippen LogP contribution in [0.15, 0.2) is 36.7 Å². The van der Waals surface area contributed by atoms with Crippen molar-refractivity contribution in [3.8, 4) is 0 Å². The van der Waals surface area contributed by atoms with Gasteiger partial charge in [0, 0.05) is 32.4 Å². The van der Waals surface area contributed by atoms with Crippen molar-refractivity contribution in [2.45, 2.75) is 19.4 Å². The predicted octanol–water partition coefficient (Wildman–Crippen LogP) is 1.69. The maximum Gasteiger partial charge on any atom is 0.241 e. The molecule has 0 aliphatic heterocycles. The van der Waals surface area contributed by atoms with Gasteiger partial charge in [-0.2, -0.15) is 0 Å². The molecule has 1 atom stereocenters. The summed E-state index contributed by atoms with van der Waals surface area (Å²) < 4.78 is 1.97. The van der Waals surface area contributed by atoms with E-state index in [-0.39, 0.29) is 11.9 Å². The van der Waals surface area contributed by atoms with Crippen LogP contribution in [-0.4, -0.2) is 41.0 Å². The summed E-state index contributed by atoms with van der Waals surface area (Å²) in [7, 11) is 5.81. The fourth-order valence-electron chi connectivity index (χ4n) is 2.58. The minimum absolute atomic E-state index is 0.0218. The summed E-state index contributed by atoms with van der Waals surface area (Å²) in [6.45, 7) is 2.62. The molecule has 5 heteroatoms. The molecule has 1 amide bonds. The van der Waals surface area contributed by atoms with Crippen molar-refractivity contribution in [3.05, 3.63) is 53.6 Å². The number of amides is 1. The molecule has 0 radical (unpaired) electrons. The number of carbonyl (C=O) groups excluding carboxylic acids is 1. The number of likely N-dealkylation sites (N-methyl/N-ethyl adjacent to an activating group) is 1. The lowest BCUT2D eigenvalue weighted by Gasteiger charge is -2.25. The van der Waals surface area contributed by atoms with Crippen molar-refractivity contribution >= 4 is 5.91 Å². The molecule has 0 bridgehead atoms. The number of aromatic nitrogens is 2. The van der Waals surface area contributed by atoms with E-state index in [1.807, 2.05) is 68.0 Å². The highest BCUT2D eigenvalue weighted by molar-refractivity contribution is 5.83. The Labute approximate surface area is 132 Å². The van der Waals surface area contributed by atoms with Crippen LogP contribution in [0.3, 0.4) is 0 Å². The molecule has 1 N–H and O–H groups in total. The molecular formula is C17H24N4O. The van der Waals surface area contributed by atoms with Gasteiger partial charge in [0.05, 0.1) is 0 Å². The first-order valence-corrected chi connectivity index (χ1v) is 7.46. The monoisotopic (exact) mass is 300 g/mol. The molecule has 0 saturated carbocycles. The van der Waals surface area contributed by atoms with E-state index < -0.39 is 0 Å². The third-order valence-electron chi connectivity index (χ3n) is 3.82. The van der Waals surface area contributed by atoms with Gasteiger partial charge in [0.2, 0.25) is 5.91 Å². The minimum Gasteiger partial charge on any atom is -0.354 e. The lowest BCUT2D eigenvalue weighted by Crippen LogP contribution is -2.38. The summed E-state index contributed by atoms with van der Waals surface area (Å²) >= 11 is 0. The second-order valence-electron chi connectivity index (χ2n) is 5.72. The van der Waals surface area contributed by atoms with Crippen LogP contribution < -0.4 is 5.32 Å². The molecule has 1 heterocycles. The Morgan fingerprint density at radius 1 is 1.36 bits per heavy atom. The van der Waals surface area contributed by atoms with Crippen molar-refractivity contribution in [2.75, 3.05) is 20.6 Å². The highest BCUT2D eigenvalue weighted by Crippen LogP contribution is 2.21. The Morgan fingerprint density at radius 3 is 2.68 bits per heavy atom. The second-order valence-corrected chi connectivity index (χ2v) is 5.72. The standard InChI is InChI=1S/C17H24N4O/c1-13-7-5-6-8-14(13)16(20(2)3)17(22)19-10-9-15-18-11-12-21(15)4/h5-8,11-12,16H,9-10H2,1-4H3,(H,19,22). The first-order chi connectivity index (χ1) is 10.5. The van der Waals surface area contributed by atoms with E-state index in [1.54, 1.807) is 6.20 Å². The van der Waals surface area contributed by atoms with Crippen molar-refractivity contribution in [1.29, 1.82) is 0 Å². The third-order valence-corrected chi connectivity index (χ3v) is 3.82. The zero-order valence-electron chi connectivity index (χ0n) is 13.7. The predicted molar refractivity (Wildman–Crippen MR) is 87.5 cm³/mol. The first-order valence-electron chi connectivity index (χ1n) is 7.46. The van der Waals surface area contributed by atoms with Crippen molar-refractivity contribution in [2.24, 2.45) is 7.05 Å². The van der Waals surface area contributed by atoms with Gasteiger partial charge in [0.15, 0.2) is 0 Å². The summed E-state index contributed by atoms with van der Waals surface area (Å²) in [4.78, 5) is 18.8. The summed E-state index contributed by atoms with van der Waals surface area (Å²) in [6, 6.07) is 7.73. The van der Waals surface area contributed by atoms with E-state index in [0.29, 0.717) is 6.54 Å². The minimum atomic E-state index is -0.275. The van der Waals surface area contributed by atoms with Crippen LogP contribution in [0.1, 0.15) is 23.0 Å². The Hall–Kier alpha value is -2.14. The number of hydrogen-bond acceptors (Lipinski definition) is 3. The average molecular weight is 300 g/mol. The van der Waals surface area contributed by atoms with E-state index in [4.69, 9.17) is 0 Å². The van der Waals surface area contributed by atoms with Crippen molar-refractivity contribution in [1.82, 2.24) is 19.8 Å². The van der Waals surface area contributed by atoms with E-state index in [2.05, 4.69) is 10.3 Å². The van der Waals surface area contributed by atoms with Crippen LogP contribution in [0.4, 0.5) is 0 Å². The van der Waals surface area contributed by atoms with E-state index in [1.165, 1.54) is 0 Å². The van der Waals surface area contributed by atoms with Gasteiger partial charge in [-0.25, -0.2) is 4.98 Å². The molecule has 0 spiro atoms. The van der Waals surface area contributed by atoms with Crippen molar-refractivity contribution in [3.63, 3.8) is 0 Å². The Kier molecular flexibility index (Phi) is 5.33. The number of rotatable bonds is 6. The molecule has 0 aliphatic rings. The second kappa shape index (κ2) is 7.22. The van der Waals surface area contributed by atoms with Gasteiger partial charge >= 0.3 is 0 Å². The smallest absolute Gasteiger partial charge is 0.241 e. The van der Waals surface area contributed by atoms with Crippen molar-refractivity contribution < 1.29 is 4.79 Å². The molecule has 0 aliphatic carbocycles. The van der Waals surface area contributed by atoms with Crippen LogP contribution in [0.5, 0.6) is 0 Å². The number of nitrogens with zero attached hydrogens (tertiary/aromatic N) is 3. The van der Waals surface area contributed by atoms with Gasteiger partial charge in [-0.1, -0.05) is 24.3 Å². The third kappa shape index (κ3) is 3.74. The molecule has 1 unspecified atom stereocenters. The summed E-state index contributed by atoms with van der Waals surface area (Å²) in [5, 5.41) is 3.02. The van der Waals surface area contributed by atoms with Gasteiger partial charge in [-0.15, -0.1) is 0 Å². The maximum absolute atomic E-state index is 12.6. The van der Waals surface area contributed by atoms with E-state index in [0.717, 1.165) is 23.4 Å². The number of aryl methyl sites for hydroxylation is 2. The van der Waals surface area contributed by atoms with Gasteiger partial charge in [-0.3, -0.25) is 9.69 Å². The number of hydrogen-bond donors (Lipinski definition) is 1. The molecule has 0 fully saturated rings. The summed E-state index contributed by atoms with van der Waals surface area (Å²) in [5.74, 6) is 0.992. The SMILES string of the molecule is Cc1ccccc1C(C(=O)NCCc1nccn1C)N(C)C. The molecule has 2 rings (SSSR count). The zero-order valence-corrected chi connectivity index (χ0v) is 13.7. The van der Waals surface area contributed by atoms with Gasteiger partial charge < -0.3 is 9.88 Å². The fourth-order valence-corrected chi connectivity index (χ4v) is 2.58. The molecule has 118 valence electrons. The van der Waals surface area contributed by atoms with Gasteiger partial charge in [-0.05, 0) is 32.1 Å². The van der Waals surface area contributed by atoms with Crippen LogP contribution in [0.2, 0.25) is 0 Å². The largest absolute Gasteiger partial charge is 0.354 e. The molecule has 5 nitrogen and oxygen atoms in total. The van der Waals surface area contributed by atoms with E-state index >= 15 is 0 Å². The van der Waals surface area contributed by atoms with Crippen LogP contribution in [0.25, 0.3) is 0 Å². The number of nitrogens with one attached hydrogen (secondary N) is 1. The quantitative estimate of drug-likeness (QED) is 0.883. The fraction of sp³-hybridized carbons (Fsp3) is 0.412. The van der Waals surface area contributed by atoms with Crippen LogP contribution >= 0.6 is 0 Å². The molecule has 1 aromatic heterocycles. The van der Waals surface area contributed by atoms with Gasteiger partial charge in [0.25, 0.3) is 0 Å². The first kappa shape index (κ1) is 16.2. The van der Waals surface area contributed by atoms with Crippen LogP contribution in [-0.2, 0) is 18.3 Å². The number of benzene rings is 1. The highest BCUT2D eigenvalue weighted by atomic mass is 16.2. The molecule has 2 aromatic rings. The molecule has 22 heavy (non-hydrogen) atoms. The zero-order chi connectivity index (χ0) is 16.1. The Balaban J connectivity index is 2.02. The number of imidazole rings is 1. The van der Waals surface area contributed by atoms with E-state index in [9.17, 15) is 4.79 Å². The summed E-state index contributed by atoms with van der Waals surface area (Å²) in [6.07, 6.45) is 4.41. The highest BCUT2D eigenvalue weighted by Gasteiger charge is 2.23.